The molecule has 1 N–H and O–H groups in total. The van der Waals surface area contributed by atoms with Gasteiger partial charge in [-0.25, -0.2) is 9.37 Å². The number of hydrogen-bond acceptors (Lipinski definition) is 3. The molecule has 66 valence electrons. The van der Waals surface area contributed by atoms with Crippen LogP contribution in [0.1, 0.15) is 0 Å². The van der Waals surface area contributed by atoms with Gasteiger partial charge in [-0.05, 0) is 12.1 Å². The van der Waals surface area contributed by atoms with Gasteiger partial charge < -0.3 is 0 Å². The van der Waals surface area contributed by atoms with E-state index in [9.17, 15) is 12.8 Å². The van der Waals surface area contributed by atoms with Gasteiger partial charge in [-0.1, -0.05) is 11.6 Å². The zero-order valence-corrected chi connectivity index (χ0v) is 7.10. The quantitative estimate of drug-likeness (QED) is 0.558. The Morgan fingerprint density at radius 2 is 2.08 bits per heavy atom. The Labute approximate surface area is 72.7 Å². The molecule has 0 spiro atoms. The summed E-state index contributed by atoms with van der Waals surface area (Å²) in [6.45, 7) is 0. The van der Waals surface area contributed by atoms with Crippen LogP contribution in [0.2, 0.25) is 5.15 Å². The Bertz CT molecular complexity index is 405. The van der Waals surface area contributed by atoms with E-state index in [1.54, 1.807) is 0 Å². The minimum Gasteiger partial charge on any atom is -0.281 e. The molecule has 7 heteroatoms. The van der Waals surface area contributed by atoms with Crippen molar-refractivity contribution in [3.8, 4) is 0 Å². The summed E-state index contributed by atoms with van der Waals surface area (Å²) in [6, 6.07) is 1.88. The first kappa shape index (κ1) is 9.37. The van der Waals surface area contributed by atoms with Crippen molar-refractivity contribution in [2.24, 2.45) is 0 Å². The molecule has 12 heavy (non-hydrogen) atoms. The number of aromatic nitrogens is 1. The summed E-state index contributed by atoms with van der Waals surface area (Å²) in [5.41, 5.74) is 0. The van der Waals surface area contributed by atoms with E-state index >= 15 is 0 Å². The van der Waals surface area contributed by atoms with Crippen LogP contribution in [0.5, 0.6) is 0 Å². The number of hydrogen-bond donors (Lipinski definition) is 1. The summed E-state index contributed by atoms with van der Waals surface area (Å²) in [6.07, 6.45) is 0. The van der Waals surface area contributed by atoms with Crippen molar-refractivity contribution in [2.75, 3.05) is 0 Å². The highest BCUT2D eigenvalue weighted by atomic mass is 35.5. The van der Waals surface area contributed by atoms with E-state index in [0.717, 1.165) is 12.1 Å². The van der Waals surface area contributed by atoms with Gasteiger partial charge in [0.1, 0.15) is 5.15 Å². The maximum absolute atomic E-state index is 12.6. The Morgan fingerprint density at radius 1 is 1.50 bits per heavy atom. The van der Waals surface area contributed by atoms with Crippen LogP contribution in [-0.2, 0) is 10.1 Å². The van der Waals surface area contributed by atoms with Crippen LogP contribution in [-0.4, -0.2) is 18.0 Å². The zero-order valence-electron chi connectivity index (χ0n) is 5.53. The van der Waals surface area contributed by atoms with Crippen molar-refractivity contribution < 1.29 is 17.4 Å². The SMILES string of the molecule is O=S(=O)(O)c1nc(Cl)ccc1F. The lowest BCUT2D eigenvalue weighted by Gasteiger charge is -1.97. The summed E-state index contributed by atoms with van der Waals surface area (Å²) in [4.78, 5) is 3.10. The second-order valence-electron chi connectivity index (χ2n) is 1.90. The Hall–Kier alpha value is -0.720. The molecule has 1 heterocycles. The van der Waals surface area contributed by atoms with Gasteiger partial charge in [-0.2, -0.15) is 8.42 Å². The molecular weight excluding hydrogens is 209 g/mol. The summed E-state index contributed by atoms with van der Waals surface area (Å²) >= 11 is 5.27. The van der Waals surface area contributed by atoms with Gasteiger partial charge in [0.15, 0.2) is 5.82 Å². The minimum absolute atomic E-state index is 0.205. The maximum Gasteiger partial charge on any atom is 0.315 e. The van der Waals surface area contributed by atoms with E-state index in [-0.39, 0.29) is 5.15 Å². The largest absolute Gasteiger partial charge is 0.315 e. The second-order valence-corrected chi connectivity index (χ2v) is 3.62. The third kappa shape index (κ3) is 1.90. The van der Waals surface area contributed by atoms with Crippen molar-refractivity contribution in [3.63, 3.8) is 0 Å². The van der Waals surface area contributed by atoms with Crippen LogP contribution in [0.4, 0.5) is 4.39 Å². The fraction of sp³-hybridized carbons (Fsp3) is 0. The Kier molecular flexibility index (Phi) is 2.31. The van der Waals surface area contributed by atoms with Crippen LogP contribution in [0.15, 0.2) is 17.2 Å². The van der Waals surface area contributed by atoms with Gasteiger partial charge in [0.05, 0.1) is 0 Å². The summed E-state index contributed by atoms with van der Waals surface area (Å²) < 4.78 is 41.8. The van der Waals surface area contributed by atoms with Crippen molar-refractivity contribution in [3.05, 3.63) is 23.1 Å². The number of pyridine rings is 1. The van der Waals surface area contributed by atoms with E-state index in [4.69, 9.17) is 16.2 Å². The molecule has 0 saturated carbocycles. The predicted molar refractivity (Wildman–Crippen MR) is 39.0 cm³/mol. The topological polar surface area (TPSA) is 67.3 Å². The molecule has 0 radical (unpaired) electrons. The molecular formula is C5H3ClFNO3S. The molecule has 0 atom stereocenters. The van der Waals surface area contributed by atoms with Gasteiger partial charge >= 0.3 is 10.1 Å². The second kappa shape index (κ2) is 2.96. The van der Waals surface area contributed by atoms with Crippen molar-refractivity contribution in [1.82, 2.24) is 4.98 Å². The van der Waals surface area contributed by atoms with Crippen molar-refractivity contribution in [1.29, 1.82) is 0 Å². The first-order valence-electron chi connectivity index (χ1n) is 2.71. The van der Waals surface area contributed by atoms with Gasteiger partial charge in [0.2, 0.25) is 5.03 Å². The molecule has 1 aromatic heterocycles. The molecule has 0 aliphatic carbocycles. The van der Waals surface area contributed by atoms with Crippen LogP contribution < -0.4 is 0 Å². The molecule has 0 fully saturated rings. The van der Waals surface area contributed by atoms with E-state index < -0.39 is 21.0 Å². The fourth-order valence-corrected chi connectivity index (χ4v) is 1.31. The van der Waals surface area contributed by atoms with Crippen molar-refractivity contribution >= 4 is 21.7 Å². The van der Waals surface area contributed by atoms with Crippen LogP contribution in [0.3, 0.4) is 0 Å². The van der Waals surface area contributed by atoms with Gasteiger partial charge in [0, 0.05) is 0 Å². The monoisotopic (exact) mass is 211 g/mol. The third-order valence-corrected chi connectivity index (χ3v) is 2.01. The Balaban J connectivity index is 3.43. The fourth-order valence-electron chi connectivity index (χ4n) is 0.582. The van der Waals surface area contributed by atoms with Crippen LogP contribution in [0.25, 0.3) is 0 Å². The molecule has 0 bridgehead atoms. The molecule has 1 rings (SSSR count). The highest BCUT2D eigenvalue weighted by Crippen LogP contribution is 2.14. The molecule has 0 unspecified atom stereocenters. The zero-order chi connectivity index (χ0) is 9.35. The number of halogens is 2. The Morgan fingerprint density at radius 3 is 2.50 bits per heavy atom. The van der Waals surface area contributed by atoms with E-state index in [1.165, 1.54) is 0 Å². The highest BCUT2D eigenvalue weighted by Gasteiger charge is 2.17. The first-order chi connectivity index (χ1) is 5.41. The van der Waals surface area contributed by atoms with Gasteiger partial charge in [0.25, 0.3) is 0 Å². The van der Waals surface area contributed by atoms with Gasteiger partial charge in [-0.3, -0.25) is 4.55 Å². The lowest BCUT2D eigenvalue weighted by molar-refractivity contribution is 0.466. The minimum atomic E-state index is -4.63. The third-order valence-electron chi connectivity index (χ3n) is 1.02. The normalized spacial score (nSPS) is 11.6. The van der Waals surface area contributed by atoms with E-state index in [1.807, 2.05) is 0 Å². The number of nitrogens with zero attached hydrogens (tertiary/aromatic N) is 1. The summed E-state index contributed by atoms with van der Waals surface area (Å²) in [7, 11) is -4.63. The molecule has 0 aromatic carbocycles. The smallest absolute Gasteiger partial charge is 0.281 e. The highest BCUT2D eigenvalue weighted by molar-refractivity contribution is 7.85. The molecule has 0 aliphatic rings. The molecule has 0 saturated heterocycles. The summed E-state index contributed by atoms with van der Waals surface area (Å²) in [5.74, 6) is -1.14. The molecule has 4 nitrogen and oxygen atoms in total. The summed E-state index contributed by atoms with van der Waals surface area (Å²) in [5, 5.41) is -1.26. The average molecular weight is 212 g/mol. The van der Waals surface area contributed by atoms with Crippen LogP contribution >= 0.6 is 11.6 Å². The van der Waals surface area contributed by atoms with Crippen molar-refractivity contribution in [2.45, 2.75) is 5.03 Å². The molecule has 1 aromatic rings. The first-order valence-corrected chi connectivity index (χ1v) is 4.52. The predicted octanol–water partition coefficient (Wildman–Crippen LogP) is 1.12. The van der Waals surface area contributed by atoms with E-state index in [2.05, 4.69) is 4.98 Å². The van der Waals surface area contributed by atoms with Gasteiger partial charge in [-0.15, -0.1) is 0 Å². The number of rotatable bonds is 1. The standard InChI is InChI=1S/C5H3ClFNO3S/c6-4-2-1-3(7)5(8-4)12(9,10)11/h1-2H,(H,9,10,11). The lowest BCUT2D eigenvalue weighted by Crippen LogP contribution is -2.04. The average Bonchev–Trinajstić information content (AvgIpc) is 1.92. The molecule has 0 amide bonds. The lowest BCUT2D eigenvalue weighted by atomic mass is 10.5. The maximum atomic E-state index is 12.6. The molecule has 0 aliphatic heterocycles. The van der Waals surface area contributed by atoms with E-state index in [0.29, 0.717) is 0 Å². The van der Waals surface area contributed by atoms with Crippen LogP contribution in [0, 0.1) is 5.82 Å².